The number of carbonyl (C=O) groups is 1. The van der Waals surface area contributed by atoms with Crippen molar-refractivity contribution < 1.29 is 22.0 Å². The van der Waals surface area contributed by atoms with E-state index in [1.165, 1.54) is 24.3 Å². The van der Waals surface area contributed by atoms with Gasteiger partial charge in [0.25, 0.3) is 15.9 Å². The number of rotatable bonds is 5. The standard InChI is InChI=1S/C24H24F2N4O3S/c1-15-2-7-21(20(26)12-15)29-22-13-23(34(27,32)33)28-14-19(22)24(31)30-10-8-17(9-11-30)16-3-5-18(25)6-4-16/h2-7,12-14,17H,8-11H2,1H3,(H,28,29)(H2,27,32,33). The van der Waals surface area contributed by atoms with Crippen molar-refractivity contribution in [3.8, 4) is 0 Å². The molecule has 1 aliphatic heterocycles. The van der Waals surface area contributed by atoms with E-state index in [1.54, 1.807) is 30.0 Å². The molecule has 3 aromatic rings. The van der Waals surface area contributed by atoms with Crippen molar-refractivity contribution in [2.45, 2.75) is 30.7 Å². The van der Waals surface area contributed by atoms with Crippen LogP contribution in [0.2, 0.25) is 0 Å². The Bertz CT molecular complexity index is 1320. The Morgan fingerprint density at radius 1 is 1.06 bits per heavy atom. The van der Waals surface area contributed by atoms with Crippen molar-refractivity contribution >= 4 is 27.3 Å². The molecular formula is C24H24F2N4O3S. The number of nitrogens with two attached hydrogens (primary N) is 1. The number of anilines is 2. The minimum Gasteiger partial charge on any atom is -0.352 e. The third-order valence-electron chi connectivity index (χ3n) is 5.92. The average Bonchev–Trinajstić information content (AvgIpc) is 2.80. The van der Waals surface area contributed by atoms with E-state index in [1.807, 2.05) is 0 Å². The number of benzene rings is 2. The molecule has 0 aliphatic carbocycles. The maximum atomic E-state index is 14.4. The first-order valence-electron chi connectivity index (χ1n) is 10.7. The first-order valence-corrected chi connectivity index (χ1v) is 12.3. The van der Waals surface area contributed by atoms with Crippen molar-refractivity contribution in [2.75, 3.05) is 18.4 Å². The Hall–Kier alpha value is -3.37. The van der Waals surface area contributed by atoms with E-state index < -0.39 is 20.9 Å². The summed E-state index contributed by atoms with van der Waals surface area (Å²) in [5, 5.41) is 7.59. The van der Waals surface area contributed by atoms with Gasteiger partial charge >= 0.3 is 0 Å². The topological polar surface area (TPSA) is 105 Å². The molecular weight excluding hydrogens is 462 g/mol. The van der Waals surface area contributed by atoms with Crippen LogP contribution in [0, 0.1) is 18.6 Å². The number of halogens is 2. The van der Waals surface area contributed by atoms with Gasteiger partial charge in [0.1, 0.15) is 11.6 Å². The molecule has 0 bridgehead atoms. The van der Waals surface area contributed by atoms with Crippen molar-refractivity contribution in [3.05, 3.63) is 83.1 Å². The molecule has 1 aliphatic rings. The predicted molar refractivity (Wildman–Crippen MR) is 124 cm³/mol. The number of amides is 1. The van der Waals surface area contributed by atoms with Crippen LogP contribution in [0.3, 0.4) is 0 Å². The Morgan fingerprint density at radius 2 is 1.74 bits per heavy atom. The molecule has 4 rings (SSSR count). The number of aromatic nitrogens is 1. The summed E-state index contributed by atoms with van der Waals surface area (Å²) in [6.45, 7) is 2.65. The van der Waals surface area contributed by atoms with E-state index in [0.717, 1.165) is 17.8 Å². The summed E-state index contributed by atoms with van der Waals surface area (Å²) in [7, 11) is -4.14. The third kappa shape index (κ3) is 5.23. The van der Waals surface area contributed by atoms with Gasteiger partial charge < -0.3 is 10.2 Å². The Morgan fingerprint density at radius 3 is 2.35 bits per heavy atom. The van der Waals surface area contributed by atoms with Crippen molar-refractivity contribution in [3.63, 3.8) is 0 Å². The third-order valence-corrected chi connectivity index (χ3v) is 6.72. The molecule has 1 amide bonds. The predicted octanol–water partition coefficient (Wildman–Crippen LogP) is 4.08. The Labute approximate surface area is 196 Å². The van der Waals surface area contributed by atoms with Gasteiger partial charge in [-0.1, -0.05) is 18.2 Å². The van der Waals surface area contributed by atoms with Gasteiger partial charge in [0.2, 0.25) is 0 Å². The highest BCUT2D eigenvalue weighted by atomic mass is 32.2. The lowest BCUT2D eigenvalue weighted by molar-refractivity contribution is 0.0713. The molecule has 0 radical (unpaired) electrons. The molecule has 178 valence electrons. The quantitative estimate of drug-likeness (QED) is 0.565. The summed E-state index contributed by atoms with van der Waals surface area (Å²) >= 11 is 0. The van der Waals surface area contributed by atoms with Crippen LogP contribution in [0.15, 0.2) is 59.8 Å². The number of primary sulfonamides is 1. The van der Waals surface area contributed by atoms with E-state index in [-0.39, 0.29) is 34.6 Å². The highest BCUT2D eigenvalue weighted by molar-refractivity contribution is 7.89. The van der Waals surface area contributed by atoms with Crippen molar-refractivity contribution in [2.24, 2.45) is 5.14 Å². The molecule has 2 aromatic carbocycles. The molecule has 1 saturated heterocycles. The minimum absolute atomic E-state index is 0.0845. The van der Waals surface area contributed by atoms with Crippen molar-refractivity contribution in [1.82, 2.24) is 9.88 Å². The van der Waals surface area contributed by atoms with E-state index >= 15 is 0 Å². The number of carbonyl (C=O) groups excluding carboxylic acids is 1. The molecule has 1 fully saturated rings. The van der Waals surface area contributed by atoms with Gasteiger partial charge in [0.15, 0.2) is 5.03 Å². The number of hydrogen-bond acceptors (Lipinski definition) is 5. The molecule has 0 saturated carbocycles. The van der Waals surface area contributed by atoms with Gasteiger partial charge in [-0.3, -0.25) is 4.79 Å². The Balaban J connectivity index is 1.58. The van der Waals surface area contributed by atoms with Gasteiger partial charge in [-0.2, -0.15) is 0 Å². The van der Waals surface area contributed by atoms with Gasteiger partial charge in [0.05, 0.1) is 16.9 Å². The maximum absolute atomic E-state index is 14.4. The lowest BCUT2D eigenvalue weighted by Crippen LogP contribution is -2.38. The molecule has 3 N–H and O–H groups in total. The fraction of sp³-hybridized carbons (Fsp3) is 0.250. The van der Waals surface area contributed by atoms with Gasteiger partial charge in [0, 0.05) is 25.4 Å². The molecule has 10 heteroatoms. The number of piperidine rings is 1. The second-order valence-electron chi connectivity index (χ2n) is 8.34. The number of aryl methyl sites for hydroxylation is 1. The highest BCUT2D eigenvalue weighted by Gasteiger charge is 2.27. The Kier molecular flexibility index (Phi) is 6.63. The van der Waals surface area contributed by atoms with Crippen LogP contribution in [-0.4, -0.2) is 37.3 Å². The lowest BCUT2D eigenvalue weighted by Gasteiger charge is -2.32. The summed E-state index contributed by atoms with van der Waals surface area (Å²) in [5.74, 6) is -1.00. The lowest BCUT2D eigenvalue weighted by atomic mass is 9.89. The molecule has 1 aromatic heterocycles. The van der Waals surface area contributed by atoms with E-state index in [9.17, 15) is 22.0 Å². The zero-order valence-corrected chi connectivity index (χ0v) is 19.3. The molecule has 0 unspecified atom stereocenters. The first-order chi connectivity index (χ1) is 16.1. The molecule has 0 atom stereocenters. The largest absolute Gasteiger partial charge is 0.352 e. The van der Waals surface area contributed by atoms with E-state index in [0.29, 0.717) is 31.5 Å². The average molecular weight is 487 g/mol. The van der Waals surface area contributed by atoms with Gasteiger partial charge in [-0.25, -0.2) is 27.3 Å². The monoisotopic (exact) mass is 486 g/mol. The normalized spacial score (nSPS) is 14.8. The fourth-order valence-electron chi connectivity index (χ4n) is 4.05. The minimum atomic E-state index is -4.14. The summed E-state index contributed by atoms with van der Waals surface area (Å²) in [5.41, 5.74) is 2.01. The highest BCUT2D eigenvalue weighted by Crippen LogP contribution is 2.31. The van der Waals surface area contributed by atoms with Crippen LogP contribution in [0.5, 0.6) is 0 Å². The van der Waals surface area contributed by atoms with E-state index in [2.05, 4.69) is 10.3 Å². The van der Waals surface area contributed by atoms with Crippen LogP contribution in [0.4, 0.5) is 20.2 Å². The second kappa shape index (κ2) is 9.47. The number of nitrogens with one attached hydrogen (secondary N) is 1. The SMILES string of the molecule is Cc1ccc(Nc2cc(S(N)(=O)=O)ncc2C(=O)N2CCC(c3ccc(F)cc3)CC2)c(F)c1. The van der Waals surface area contributed by atoms with Crippen LogP contribution >= 0.6 is 0 Å². The van der Waals surface area contributed by atoms with E-state index in [4.69, 9.17) is 5.14 Å². The number of nitrogens with zero attached hydrogens (tertiary/aromatic N) is 2. The first kappa shape index (κ1) is 23.8. The smallest absolute Gasteiger partial charge is 0.257 e. The van der Waals surface area contributed by atoms with Gasteiger partial charge in [-0.15, -0.1) is 0 Å². The summed E-state index contributed by atoms with van der Waals surface area (Å²) in [6.07, 6.45) is 2.52. The second-order valence-corrected chi connectivity index (χ2v) is 9.85. The zero-order chi connectivity index (χ0) is 24.5. The fourth-order valence-corrected chi connectivity index (χ4v) is 4.54. The molecule has 0 spiro atoms. The van der Waals surface area contributed by atoms with Crippen LogP contribution in [0.25, 0.3) is 0 Å². The number of likely N-dealkylation sites (tertiary alicyclic amines) is 1. The number of pyridine rings is 1. The maximum Gasteiger partial charge on any atom is 0.257 e. The summed E-state index contributed by atoms with van der Waals surface area (Å²) in [4.78, 5) is 18.8. The zero-order valence-electron chi connectivity index (χ0n) is 18.5. The number of sulfonamides is 1. The molecule has 2 heterocycles. The molecule has 34 heavy (non-hydrogen) atoms. The number of hydrogen-bond donors (Lipinski definition) is 2. The van der Waals surface area contributed by atoms with Crippen molar-refractivity contribution in [1.29, 1.82) is 0 Å². The van der Waals surface area contributed by atoms with Crippen LogP contribution < -0.4 is 10.5 Å². The summed E-state index contributed by atoms with van der Waals surface area (Å²) in [6, 6.07) is 12.0. The van der Waals surface area contributed by atoms with Crippen LogP contribution in [0.1, 0.15) is 40.2 Å². The van der Waals surface area contributed by atoms with Crippen LogP contribution in [-0.2, 0) is 10.0 Å². The molecule has 7 nitrogen and oxygen atoms in total. The summed E-state index contributed by atoms with van der Waals surface area (Å²) < 4.78 is 51.3. The van der Waals surface area contributed by atoms with Gasteiger partial charge in [-0.05, 0) is 61.1 Å².